The van der Waals surface area contributed by atoms with Crippen LogP contribution in [-0.2, 0) is 0 Å². The van der Waals surface area contributed by atoms with Gasteiger partial charge in [0, 0.05) is 12.1 Å². The van der Waals surface area contributed by atoms with Gasteiger partial charge >= 0.3 is 0 Å². The molecule has 0 saturated carbocycles. The van der Waals surface area contributed by atoms with Gasteiger partial charge in [0.25, 0.3) is 0 Å². The molecule has 0 bridgehead atoms. The molecule has 0 aliphatic carbocycles. The lowest BCUT2D eigenvalue weighted by molar-refractivity contribution is 0.300. The molecule has 0 fully saturated rings. The lowest BCUT2D eigenvalue weighted by Gasteiger charge is -2.27. The van der Waals surface area contributed by atoms with Crippen LogP contribution in [0.15, 0.2) is 0 Å². The zero-order chi connectivity index (χ0) is 9.78. The van der Waals surface area contributed by atoms with Crippen LogP contribution in [0.2, 0.25) is 0 Å². The minimum atomic E-state index is 0.235. The second kappa shape index (κ2) is 4.83. The van der Waals surface area contributed by atoms with Gasteiger partial charge in [0.2, 0.25) is 0 Å². The van der Waals surface area contributed by atoms with Crippen LogP contribution in [0.5, 0.6) is 0 Å². The van der Waals surface area contributed by atoms with Crippen LogP contribution in [0.3, 0.4) is 0 Å². The Balaban J connectivity index is 3.51. The highest BCUT2D eigenvalue weighted by Crippen LogP contribution is 2.18. The SMILES string of the molecule is CC(C)NCCC(N)C(C)(C)C. The lowest BCUT2D eigenvalue weighted by atomic mass is 9.85. The van der Waals surface area contributed by atoms with Crippen LogP contribution in [-0.4, -0.2) is 18.6 Å². The molecule has 2 heteroatoms. The average molecular weight is 172 g/mol. The van der Waals surface area contributed by atoms with Gasteiger partial charge in [0.1, 0.15) is 0 Å². The van der Waals surface area contributed by atoms with E-state index in [-0.39, 0.29) is 5.41 Å². The zero-order valence-electron chi connectivity index (χ0n) is 9.15. The quantitative estimate of drug-likeness (QED) is 0.678. The molecule has 3 N–H and O–H groups in total. The molecule has 0 saturated heterocycles. The fourth-order valence-corrected chi connectivity index (χ4v) is 0.961. The summed E-state index contributed by atoms with van der Waals surface area (Å²) in [6.45, 7) is 11.9. The van der Waals surface area contributed by atoms with Crippen molar-refractivity contribution in [3.63, 3.8) is 0 Å². The Hall–Kier alpha value is -0.0800. The van der Waals surface area contributed by atoms with Crippen molar-refractivity contribution in [3.05, 3.63) is 0 Å². The Labute approximate surface area is 76.9 Å². The summed E-state index contributed by atoms with van der Waals surface area (Å²) < 4.78 is 0. The first-order chi connectivity index (χ1) is 5.34. The summed E-state index contributed by atoms with van der Waals surface area (Å²) in [6.07, 6.45) is 1.06. The van der Waals surface area contributed by atoms with Crippen molar-refractivity contribution < 1.29 is 0 Å². The van der Waals surface area contributed by atoms with Crippen LogP contribution in [0.4, 0.5) is 0 Å². The summed E-state index contributed by atoms with van der Waals surface area (Å²) in [6, 6.07) is 0.862. The van der Waals surface area contributed by atoms with E-state index in [0.717, 1.165) is 13.0 Å². The third-order valence-electron chi connectivity index (χ3n) is 2.12. The van der Waals surface area contributed by atoms with Crippen molar-refractivity contribution in [3.8, 4) is 0 Å². The molecule has 0 rings (SSSR count). The number of hydrogen-bond donors (Lipinski definition) is 2. The van der Waals surface area contributed by atoms with Gasteiger partial charge in [-0.2, -0.15) is 0 Å². The Morgan fingerprint density at radius 1 is 1.25 bits per heavy atom. The molecular weight excluding hydrogens is 148 g/mol. The standard InChI is InChI=1S/C10H24N2/c1-8(2)12-7-6-9(11)10(3,4)5/h8-9,12H,6-7,11H2,1-5H3. The Bertz CT molecular complexity index is 113. The minimum absolute atomic E-state index is 0.235. The highest BCUT2D eigenvalue weighted by molar-refractivity contribution is 4.77. The van der Waals surface area contributed by atoms with Gasteiger partial charge in [0.15, 0.2) is 0 Å². The first kappa shape index (κ1) is 11.9. The molecule has 74 valence electrons. The summed E-state index contributed by atoms with van der Waals surface area (Å²) in [5.74, 6) is 0. The Kier molecular flexibility index (Phi) is 4.80. The van der Waals surface area contributed by atoms with Gasteiger partial charge in [-0.15, -0.1) is 0 Å². The molecule has 2 nitrogen and oxygen atoms in total. The monoisotopic (exact) mass is 172 g/mol. The predicted octanol–water partition coefficient (Wildman–Crippen LogP) is 1.75. The fraction of sp³-hybridized carbons (Fsp3) is 1.00. The normalized spacial score (nSPS) is 15.2. The van der Waals surface area contributed by atoms with Crippen LogP contribution in [0.25, 0.3) is 0 Å². The molecule has 0 aliphatic rings. The van der Waals surface area contributed by atoms with Crippen molar-refractivity contribution in [2.24, 2.45) is 11.1 Å². The van der Waals surface area contributed by atoms with Gasteiger partial charge in [0.05, 0.1) is 0 Å². The Morgan fingerprint density at radius 3 is 2.08 bits per heavy atom. The maximum absolute atomic E-state index is 6.00. The molecule has 0 aromatic heterocycles. The third kappa shape index (κ3) is 5.56. The molecule has 0 heterocycles. The molecule has 12 heavy (non-hydrogen) atoms. The summed E-state index contributed by atoms with van der Waals surface area (Å²) in [5.41, 5.74) is 6.23. The number of rotatable bonds is 4. The second-order valence-electron chi connectivity index (χ2n) is 4.87. The van der Waals surface area contributed by atoms with E-state index in [9.17, 15) is 0 Å². The second-order valence-corrected chi connectivity index (χ2v) is 4.87. The molecule has 0 aromatic carbocycles. The zero-order valence-corrected chi connectivity index (χ0v) is 9.15. The van der Waals surface area contributed by atoms with Gasteiger partial charge in [-0.1, -0.05) is 34.6 Å². The summed E-state index contributed by atoms with van der Waals surface area (Å²) in [7, 11) is 0. The van der Waals surface area contributed by atoms with E-state index in [4.69, 9.17) is 5.73 Å². The van der Waals surface area contributed by atoms with Crippen molar-refractivity contribution in [2.45, 2.75) is 53.1 Å². The lowest BCUT2D eigenvalue weighted by Crippen LogP contribution is -2.38. The van der Waals surface area contributed by atoms with Crippen LogP contribution >= 0.6 is 0 Å². The smallest absolute Gasteiger partial charge is 0.00997 e. The number of nitrogens with two attached hydrogens (primary N) is 1. The van der Waals surface area contributed by atoms with Crippen molar-refractivity contribution in [1.29, 1.82) is 0 Å². The first-order valence-electron chi connectivity index (χ1n) is 4.83. The molecule has 0 radical (unpaired) electrons. The number of hydrogen-bond acceptors (Lipinski definition) is 2. The highest BCUT2D eigenvalue weighted by Gasteiger charge is 2.19. The minimum Gasteiger partial charge on any atom is -0.327 e. The molecular formula is C10H24N2. The van der Waals surface area contributed by atoms with Crippen molar-refractivity contribution in [1.82, 2.24) is 5.32 Å². The van der Waals surface area contributed by atoms with Crippen LogP contribution < -0.4 is 11.1 Å². The molecule has 0 aliphatic heterocycles. The van der Waals surface area contributed by atoms with Crippen molar-refractivity contribution >= 4 is 0 Å². The van der Waals surface area contributed by atoms with E-state index in [1.807, 2.05) is 0 Å². The van der Waals surface area contributed by atoms with E-state index >= 15 is 0 Å². The van der Waals surface area contributed by atoms with Crippen LogP contribution in [0, 0.1) is 5.41 Å². The number of nitrogens with one attached hydrogen (secondary N) is 1. The van der Waals surface area contributed by atoms with Gasteiger partial charge < -0.3 is 11.1 Å². The topological polar surface area (TPSA) is 38.0 Å². The molecule has 0 spiro atoms. The largest absolute Gasteiger partial charge is 0.327 e. The Morgan fingerprint density at radius 2 is 1.75 bits per heavy atom. The predicted molar refractivity (Wildman–Crippen MR) is 55.2 cm³/mol. The van der Waals surface area contributed by atoms with E-state index in [1.165, 1.54) is 0 Å². The molecule has 1 atom stereocenters. The summed E-state index contributed by atoms with van der Waals surface area (Å²) >= 11 is 0. The van der Waals surface area contributed by atoms with E-state index in [0.29, 0.717) is 12.1 Å². The van der Waals surface area contributed by atoms with Crippen molar-refractivity contribution in [2.75, 3.05) is 6.54 Å². The highest BCUT2D eigenvalue weighted by atomic mass is 14.9. The third-order valence-corrected chi connectivity index (χ3v) is 2.12. The van der Waals surface area contributed by atoms with Gasteiger partial charge in [-0.05, 0) is 18.4 Å². The van der Waals surface area contributed by atoms with E-state index in [2.05, 4.69) is 39.9 Å². The summed E-state index contributed by atoms with van der Waals surface area (Å²) in [5, 5.41) is 3.37. The van der Waals surface area contributed by atoms with E-state index < -0.39 is 0 Å². The maximum Gasteiger partial charge on any atom is 0.00997 e. The fourth-order valence-electron chi connectivity index (χ4n) is 0.961. The summed E-state index contributed by atoms with van der Waals surface area (Å²) in [4.78, 5) is 0. The van der Waals surface area contributed by atoms with Crippen LogP contribution in [0.1, 0.15) is 41.0 Å². The van der Waals surface area contributed by atoms with E-state index in [1.54, 1.807) is 0 Å². The van der Waals surface area contributed by atoms with Gasteiger partial charge in [-0.3, -0.25) is 0 Å². The molecule has 0 aromatic rings. The molecule has 1 unspecified atom stereocenters. The maximum atomic E-state index is 6.00. The average Bonchev–Trinajstić information content (AvgIpc) is 1.84. The first-order valence-corrected chi connectivity index (χ1v) is 4.83. The van der Waals surface area contributed by atoms with Gasteiger partial charge in [-0.25, -0.2) is 0 Å². The molecule has 0 amide bonds.